The Hall–Kier alpha value is -2.13. The summed E-state index contributed by atoms with van der Waals surface area (Å²) in [5.74, 6) is -0.249. The molecular weight excluding hydrogens is 340 g/mol. The van der Waals surface area contributed by atoms with Crippen LogP contribution in [0.1, 0.15) is 33.6 Å². The Kier molecular flexibility index (Phi) is 9.08. The Labute approximate surface area is 153 Å². The summed E-state index contributed by atoms with van der Waals surface area (Å²) in [6.45, 7) is 6.93. The molecule has 148 valence electrons. The smallest absolute Gasteiger partial charge is 0.330 e. The number of nitrogens with zero attached hydrogens (tertiary/aromatic N) is 2. The van der Waals surface area contributed by atoms with E-state index in [0.717, 1.165) is 6.42 Å². The topological polar surface area (TPSA) is 120 Å². The van der Waals surface area contributed by atoms with Crippen LogP contribution in [0, 0.1) is 5.92 Å². The van der Waals surface area contributed by atoms with Gasteiger partial charge in [0.25, 0.3) is 11.5 Å². The zero-order valence-electron chi connectivity index (χ0n) is 16.0. The third-order valence-corrected chi connectivity index (χ3v) is 3.73. The standard InChI is InChI=1S/C17H30N4O5/c1-5-6-7-20(13(22)11-26-9-8-25-4)14-15(18)21(10-12(2)3)17(24)19-16(14)23/h12H,5-11,18H2,1-4H3,(H,19,23,24). The van der Waals surface area contributed by atoms with Gasteiger partial charge in [0.2, 0.25) is 0 Å². The number of aromatic nitrogens is 2. The minimum absolute atomic E-state index is 0.000887. The summed E-state index contributed by atoms with van der Waals surface area (Å²) in [6, 6.07) is 0. The molecule has 1 heterocycles. The number of hydrogen-bond donors (Lipinski definition) is 2. The van der Waals surface area contributed by atoms with Crippen LogP contribution in [-0.2, 0) is 20.8 Å². The second-order valence-corrected chi connectivity index (χ2v) is 6.44. The van der Waals surface area contributed by atoms with Crippen LogP contribution in [-0.4, -0.2) is 48.9 Å². The summed E-state index contributed by atoms with van der Waals surface area (Å²) in [7, 11) is 1.54. The normalized spacial score (nSPS) is 11.1. The highest BCUT2D eigenvalue weighted by atomic mass is 16.5. The maximum atomic E-state index is 12.6. The molecule has 0 atom stereocenters. The summed E-state index contributed by atoms with van der Waals surface area (Å²) in [4.78, 5) is 40.6. The van der Waals surface area contributed by atoms with E-state index in [1.807, 2.05) is 20.8 Å². The van der Waals surface area contributed by atoms with Crippen molar-refractivity contribution < 1.29 is 14.3 Å². The molecule has 0 bridgehead atoms. The van der Waals surface area contributed by atoms with Crippen LogP contribution < -0.4 is 21.9 Å². The summed E-state index contributed by atoms with van der Waals surface area (Å²) in [6.07, 6.45) is 1.52. The van der Waals surface area contributed by atoms with Gasteiger partial charge in [-0.25, -0.2) is 4.79 Å². The molecule has 0 spiro atoms. The Morgan fingerprint density at radius 2 is 2.00 bits per heavy atom. The van der Waals surface area contributed by atoms with Crippen LogP contribution in [0.15, 0.2) is 9.59 Å². The molecule has 0 aromatic carbocycles. The Morgan fingerprint density at radius 1 is 1.31 bits per heavy atom. The fourth-order valence-corrected chi connectivity index (χ4v) is 2.44. The predicted octanol–water partition coefficient (Wildman–Crippen LogP) is 0.571. The minimum Gasteiger partial charge on any atom is -0.383 e. The number of aromatic amines is 1. The van der Waals surface area contributed by atoms with Gasteiger partial charge in [0.15, 0.2) is 5.69 Å². The molecule has 1 amide bonds. The Balaban J connectivity index is 3.22. The van der Waals surface area contributed by atoms with E-state index in [4.69, 9.17) is 15.2 Å². The molecule has 9 nitrogen and oxygen atoms in total. The number of nitrogens with one attached hydrogen (secondary N) is 1. The van der Waals surface area contributed by atoms with E-state index in [-0.39, 0.29) is 36.5 Å². The van der Waals surface area contributed by atoms with Crippen LogP contribution in [0.3, 0.4) is 0 Å². The number of hydrogen-bond acceptors (Lipinski definition) is 6. The third-order valence-electron chi connectivity index (χ3n) is 3.73. The van der Waals surface area contributed by atoms with Crippen molar-refractivity contribution in [2.45, 2.75) is 40.2 Å². The van der Waals surface area contributed by atoms with Gasteiger partial charge in [0, 0.05) is 20.2 Å². The van der Waals surface area contributed by atoms with Crippen LogP contribution in [0.25, 0.3) is 0 Å². The van der Waals surface area contributed by atoms with Gasteiger partial charge < -0.3 is 20.1 Å². The number of unbranched alkanes of at least 4 members (excludes halogenated alkanes) is 1. The van der Waals surface area contributed by atoms with Gasteiger partial charge in [-0.15, -0.1) is 0 Å². The number of carbonyl (C=O) groups excluding carboxylic acids is 1. The molecule has 0 saturated heterocycles. The summed E-state index contributed by atoms with van der Waals surface area (Å²) < 4.78 is 11.4. The number of anilines is 2. The molecule has 1 rings (SSSR count). The van der Waals surface area contributed by atoms with E-state index >= 15 is 0 Å². The van der Waals surface area contributed by atoms with Gasteiger partial charge in [-0.2, -0.15) is 0 Å². The lowest BCUT2D eigenvalue weighted by atomic mass is 10.2. The largest absolute Gasteiger partial charge is 0.383 e. The quantitative estimate of drug-likeness (QED) is 0.550. The van der Waals surface area contributed by atoms with Gasteiger partial charge in [-0.1, -0.05) is 27.2 Å². The van der Waals surface area contributed by atoms with Gasteiger partial charge >= 0.3 is 5.69 Å². The van der Waals surface area contributed by atoms with E-state index in [0.29, 0.717) is 26.1 Å². The van der Waals surface area contributed by atoms with Crippen LogP contribution in [0.5, 0.6) is 0 Å². The van der Waals surface area contributed by atoms with Crippen molar-refractivity contribution in [3.8, 4) is 0 Å². The number of rotatable bonds is 11. The highest BCUT2D eigenvalue weighted by molar-refractivity contribution is 5.96. The lowest BCUT2D eigenvalue weighted by Crippen LogP contribution is -2.43. The van der Waals surface area contributed by atoms with Gasteiger partial charge in [-0.3, -0.25) is 19.1 Å². The average molecular weight is 370 g/mol. The van der Waals surface area contributed by atoms with Crippen LogP contribution >= 0.6 is 0 Å². The first-order valence-corrected chi connectivity index (χ1v) is 8.83. The molecule has 0 unspecified atom stereocenters. The lowest BCUT2D eigenvalue weighted by Gasteiger charge is -2.24. The zero-order valence-corrected chi connectivity index (χ0v) is 16.0. The number of nitrogens with two attached hydrogens (primary N) is 1. The Bertz CT molecular complexity index is 695. The number of ether oxygens (including phenoxy) is 2. The van der Waals surface area contributed by atoms with Gasteiger partial charge in [0.1, 0.15) is 12.4 Å². The van der Waals surface area contributed by atoms with Crippen molar-refractivity contribution in [3.63, 3.8) is 0 Å². The second-order valence-electron chi connectivity index (χ2n) is 6.44. The van der Waals surface area contributed by atoms with Crippen LogP contribution in [0.4, 0.5) is 11.5 Å². The highest BCUT2D eigenvalue weighted by Gasteiger charge is 2.24. The van der Waals surface area contributed by atoms with Crippen molar-refractivity contribution in [1.29, 1.82) is 0 Å². The monoisotopic (exact) mass is 370 g/mol. The molecule has 1 aromatic heterocycles. The molecule has 9 heteroatoms. The van der Waals surface area contributed by atoms with E-state index in [9.17, 15) is 14.4 Å². The number of carbonyl (C=O) groups is 1. The first kappa shape index (κ1) is 21.9. The number of methoxy groups -OCH3 is 1. The number of H-pyrrole nitrogens is 1. The summed E-state index contributed by atoms with van der Waals surface area (Å²) in [5.41, 5.74) is 4.86. The summed E-state index contributed by atoms with van der Waals surface area (Å²) >= 11 is 0. The van der Waals surface area contributed by atoms with E-state index < -0.39 is 11.2 Å². The zero-order chi connectivity index (χ0) is 19.7. The fraction of sp³-hybridized carbons (Fsp3) is 0.706. The van der Waals surface area contributed by atoms with Crippen molar-refractivity contribution in [2.75, 3.05) is 44.1 Å². The summed E-state index contributed by atoms with van der Waals surface area (Å²) in [5, 5.41) is 0. The average Bonchev–Trinajstić information content (AvgIpc) is 2.57. The molecule has 26 heavy (non-hydrogen) atoms. The molecule has 0 aliphatic rings. The van der Waals surface area contributed by atoms with Gasteiger partial charge in [0.05, 0.1) is 13.2 Å². The second kappa shape index (κ2) is 10.8. The molecule has 0 saturated carbocycles. The first-order chi connectivity index (χ1) is 12.3. The number of nitrogen functional groups attached to an aromatic ring is 1. The minimum atomic E-state index is -0.672. The molecule has 0 radical (unpaired) electrons. The highest BCUT2D eigenvalue weighted by Crippen LogP contribution is 2.18. The number of amides is 1. The molecule has 0 aliphatic carbocycles. The maximum Gasteiger partial charge on any atom is 0.330 e. The lowest BCUT2D eigenvalue weighted by molar-refractivity contribution is -0.123. The molecule has 0 fully saturated rings. The molecule has 1 aromatic rings. The fourth-order valence-electron chi connectivity index (χ4n) is 2.44. The van der Waals surface area contributed by atoms with E-state index in [1.165, 1.54) is 16.6 Å². The van der Waals surface area contributed by atoms with Crippen molar-refractivity contribution in [2.24, 2.45) is 5.92 Å². The Morgan fingerprint density at radius 3 is 2.58 bits per heavy atom. The van der Waals surface area contributed by atoms with Gasteiger partial charge in [-0.05, 0) is 12.3 Å². The molecule has 0 aliphatic heterocycles. The van der Waals surface area contributed by atoms with Crippen molar-refractivity contribution in [3.05, 3.63) is 20.8 Å². The van der Waals surface area contributed by atoms with Crippen molar-refractivity contribution >= 4 is 17.4 Å². The first-order valence-electron chi connectivity index (χ1n) is 8.83. The third kappa shape index (κ3) is 5.99. The van der Waals surface area contributed by atoms with E-state index in [1.54, 1.807) is 0 Å². The predicted molar refractivity (Wildman–Crippen MR) is 101 cm³/mol. The van der Waals surface area contributed by atoms with E-state index in [2.05, 4.69) is 4.98 Å². The molecular formula is C17H30N4O5. The maximum absolute atomic E-state index is 12.6. The van der Waals surface area contributed by atoms with Crippen molar-refractivity contribution in [1.82, 2.24) is 9.55 Å². The van der Waals surface area contributed by atoms with Crippen LogP contribution in [0.2, 0.25) is 0 Å². The SMILES string of the molecule is CCCCN(C(=O)COCCOC)c1c(N)n(CC(C)C)c(=O)[nH]c1=O. The molecule has 3 N–H and O–H groups in total.